The lowest BCUT2D eigenvalue weighted by atomic mass is 9.95. The van der Waals surface area contributed by atoms with Crippen LogP contribution in [0.25, 0.3) is 0 Å². The fourth-order valence-electron chi connectivity index (χ4n) is 1.60. The minimum Gasteiger partial charge on any atom is -0.346 e. The number of aryl methyl sites for hydroxylation is 1. The second kappa shape index (κ2) is 7.73. The summed E-state index contributed by atoms with van der Waals surface area (Å²) in [6, 6.07) is 5.21. The van der Waals surface area contributed by atoms with Crippen LogP contribution in [-0.4, -0.2) is 30.8 Å². The molecule has 0 heterocycles. The minimum atomic E-state index is -0.516. The molecule has 1 aromatic rings. The van der Waals surface area contributed by atoms with Crippen molar-refractivity contribution in [1.29, 1.82) is 0 Å². The molecule has 0 saturated heterocycles. The van der Waals surface area contributed by atoms with Gasteiger partial charge in [-0.2, -0.15) is 0 Å². The van der Waals surface area contributed by atoms with Crippen molar-refractivity contribution in [1.82, 2.24) is 5.32 Å². The number of rotatable bonds is 5. The Hall–Kier alpha value is -2.41. The highest BCUT2D eigenvalue weighted by Crippen LogP contribution is 2.23. The highest BCUT2D eigenvalue weighted by molar-refractivity contribution is 5.98. The van der Waals surface area contributed by atoms with Crippen molar-refractivity contribution in [3.8, 4) is 0 Å². The molecule has 5 N–H and O–H groups in total. The summed E-state index contributed by atoms with van der Waals surface area (Å²) >= 11 is 0. The van der Waals surface area contributed by atoms with Gasteiger partial charge in [-0.3, -0.25) is 14.4 Å². The Bertz CT molecular complexity index is 606. The fourth-order valence-corrected chi connectivity index (χ4v) is 1.60. The third kappa shape index (κ3) is 6.07. The van der Waals surface area contributed by atoms with Crippen molar-refractivity contribution < 1.29 is 14.4 Å². The van der Waals surface area contributed by atoms with Crippen molar-refractivity contribution in [3.05, 3.63) is 23.8 Å². The molecule has 23 heavy (non-hydrogen) atoms. The van der Waals surface area contributed by atoms with E-state index in [-0.39, 0.29) is 24.9 Å². The third-order valence-electron chi connectivity index (χ3n) is 3.08. The molecule has 0 atom stereocenters. The van der Waals surface area contributed by atoms with Crippen LogP contribution in [0, 0.1) is 12.3 Å². The lowest BCUT2D eigenvalue weighted by molar-refractivity contribution is -0.123. The predicted molar refractivity (Wildman–Crippen MR) is 90.0 cm³/mol. The van der Waals surface area contributed by atoms with E-state index in [2.05, 4.69) is 16.0 Å². The molecular formula is C16H24N4O3. The highest BCUT2D eigenvalue weighted by atomic mass is 16.2. The number of hydrogen-bond acceptors (Lipinski definition) is 4. The lowest BCUT2D eigenvalue weighted by Crippen LogP contribution is -2.36. The molecule has 7 nitrogen and oxygen atoms in total. The second-order valence-corrected chi connectivity index (χ2v) is 6.26. The van der Waals surface area contributed by atoms with Crippen molar-refractivity contribution in [2.24, 2.45) is 11.1 Å². The van der Waals surface area contributed by atoms with Gasteiger partial charge in [0.25, 0.3) is 0 Å². The standard InChI is InChI=1S/C16H24N4O3/c1-10-5-6-11(19-14(22)9-18-13(21)8-17)7-12(10)20-15(23)16(2,3)4/h5-7H,8-9,17H2,1-4H3,(H,18,21)(H,19,22)(H,20,23). The van der Waals surface area contributed by atoms with Gasteiger partial charge in [-0.25, -0.2) is 0 Å². The Morgan fingerprint density at radius 3 is 2.30 bits per heavy atom. The number of hydrogen-bond donors (Lipinski definition) is 4. The topological polar surface area (TPSA) is 113 Å². The van der Waals surface area contributed by atoms with Crippen LogP contribution >= 0.6 is 0 Å². The number of benzene rings is 1. The molecule has 0 radical (unpaired) electrons. The zero-order chi connectivity index (χ0) is 17.6. The lowest BCUT2D eigenvalue weighted by Gasteiger charge is -2.19. The van der Waals surface area contributed by atoms with E-state index in [0.29, 0.717) is 11.4 Å². The monoisotopic (exact) mass is 320 g/mol. The number of nitrogens with one attached hydrogen (secondary N) is 3. The Balaban J connectivity index is 2.75. The number of anilines is 2. The first kappa shape index (κ1) is 18.6. The Kier molecular flexibility index (Phi) is 6.27. The van der Waals surface area contributed by atoms with Gasteiger partial charge < -0.3 is 21.7 Å². The second-order valence-electron chi connectivity index (χ2n) is 6.26. The summed E-state index contributed by atoms with van der Waals surface area (Å²) in [5.41, 5.74) is 6.68. The quantitative estimate of drug-likeness (QED) is 0.648. The van der Waals surface area contributed by atoms with Crippen LogP contribution < -0.4 is 21.7 Å². The summed E-state index contributed by atoms with van der Waals surface area (Å²) in [5.74, 6) is -0.884. The van der Waals surface area contributed by atoms with Crippen LogP contribution in [0.3, 0.4) is 0 Å². The van der Waals surface area contributed by atoms with Crippen molar-refractivity contribution >= 4 is 29.1 Å². The maximum atomic E-state index is 12.1. The van der Waals surface area contributed by atoms with Crippen molar-refractivity contribution in [3.63, 3.8) is 0 Å². The molecule has 0 unspecified atom stereocenters. The summed E-state index contributed by atoms with van der Waals surface area (Å²) in [4.78, 5) is 34.8. The third-order valence-corrected chi connectivity index (χ3v) is 3.08. The molecule has 0 saturated carbocycles. The molecule has 1 rings (SSSR count). The SMILES string of the molecule is Cc1ccc(NC(=O)CNC(=O)CN)cc1NC(=O)C(C)(C)C. The van der Waals surface area contributed by atoms with E-state index in [1.54, 1.807) is 18.2 Å². The number of carbonyl (C=O) groups excluding carboxylic acids is 3. The Morgan fingerprint density at radius 1 is 1.09 bits per heavy atom. The van der Waals surface area contributed by atoms with Gasteiger partial charge in [-0.1, -0.05) is 26.8 Å². The van der Waals surface area contributed by atoms with Crippen LogP contribution in [0.4, 0.5) is 11.4 Å². The largest absolute Gasteiger partial charge is 0.346 e. The first-order chi connectivity index (χ1) is 10.6. The fraction of sp³-hybridized carbons (Fsp3) is 0.438. The Morgan fingerprint density at radius 2 is 1.74 bits per heavy atom. The van der Waals surface area contributed by atoms with Crippen LogP contribution in [-0.2, 0) is 14.4 Å². The number of carbonyl (C=O) groups is 3. The van der Waals surface area contributed by atoms with E-state index in [0.717, 1.165) is 5.56 Å². The van der Waals surface area contributed by atoms with Crippen LogP contribution in [0.15, 0.2) is 18.2 Å². The Labute approximate surface area is 136 Å². The van der Waals surface area contributed by atoms with Crippen LogP contribution in [0.1, 0.15) is 26.3 Å². The van der Waals surface area contributed by atoms with E-state index in [4.69, 9.17) is 5.73 Å². The van der Waals surface area contributed by atoms with Gasteiger partial charge in [-0.05, 0) is 24.6 Å². The van der Waals surface area contributed by atoms with Crippen molar-refractivity contribution in [2.45, 2.75) is 27.7 Å². The van der Waals surface area contributed by atoms with E-state index in [9.17, 15) is 14.4 Å². The van der Waals surface area contributed by atoms with Crippen LogP contribution in [0.2, 0.25) is 0 Å². The normalized spacial score (nSPS) is 10.8. The summed E-state index contributed by atoms with van der Waals surface area (Å²) in [6.07, 6.45) is 0. The molecule has 1 aromatic carbocycles. The average molecular weight is 320 g/mol. The molecule has 0 aromatic heterocycles. The molecule has 0 aliphatic rings. The first-order valence-electron chi connectivity index (χ1n) is 7.32. The molecule has 0 aliphatic carbocycles. The minimum absolute atomic E-state index is 0.112. The molecule has 126 valence electrons. The van der Waals surface area contributed by atoms with Gasteiger partial charge in [0.1, 0.15) is 0 Å². The van der Waals surface area contributed by atoms with E-state index in [1.807, 2.05) is 27.7 Å². The zero-order valence-corrected chi connectivity index (χ0v) is 13.9. The number of amides is 3. The van der Waals surface area contributed by atoms with Gasteiger partial charge in [0.2, 0.25) is 17.7 Å². The van der Waals surface area contributed by atoms with E-state index < -0.39 is 11.3 Å². The zero-order valence-electron chi connectivity index (χ0n) is 13.9. The summed E-state index contributed by atoms with van der Waals surface area (Å²) in [6.45, 7) is 7.01. The predicted octanol–water partition coefficient (Wildman–Crippen LogP) is 0.993. The first-order valence-corrected chi connectivity index (χ1v) is 7.32. The summed E-state index contributed by atoms with van der Waals surface area (Å²) in [7, 11) is 0. The van der Waals surface area contributed by atoms with Gasteiger partial charge in [0.05, 0.1) is 13.1 Å². The van der Waals surface area contributed by atoms with E-state index in [1.165, 1.54) is 0 Å². The highest BCUT2D eigenvalue weighted by Gasteiger charge is 2.21. The molecule has 3 amide bonds. The molecule has 0 fully saturated rings. The van der Waals surface area contributed by atoms with Gasteiger partial charge in [-0.15, -0.1) is 0 Å². The van der Waals surface area contributed by atoms with Crippen LogP contribution in [0.5, 0.6) is 0 Å². The molecular weight excluding hydrogens is 296 g/mol. The smallest absolute Gasteiger partial charge is 0.243 e. The maximum absolute atomic E-state index is 12.1. The molecule has 7 heteroatoms. The molecule has 0 bridgehead atoms. The molecule has 0 spiro atoms. The number of nitrogens with two attached hydrogens (primary N) is 1. The summed E-state index contributed by atoms with van der Waals surface area (Å²) < 4.78 is 0. The van der Waals surface area contributed by atoms with Gasteiger partial charge >= 0.3 is 0 Å². The summed E-state index contributed by atoms with van der Waals surface area (Å²) in [5, 5.41) is 7.89. The van der Waals surface area contributed by atoms with E-state index >= 15 is 0 Å². The average Bonchev–Trinajstić information content (AvgIpc) is 2.47. The van der Waals surface area contributed by atoms with Gasteiger partial charge in [0.15, 0.2) is 0 Å². The maximum Gasteiger partial charge on any atom is 0.243 e. The molecule has 0 aliphatic heterocycles. The van der Waals surface area contributed by atoms with Gasteiger partial charge in [0, 0.05) is 16.8 Å². The van der Waals surface area contributed by atoms with Crippen molar-refractivity contribution in [2.75, 3.05) is 23.7 Å².